The summed E-state index contributed by atoms with van der Waals surface area (Å²) in [5, 5.41) is 4.35. The number of thiophene rings is 1. The van der Waals surface area contributed by atoms with Crippen molar-refractivity contribution in [1.29, 1.82) is 0 Å². The highest BCUT2D eigenvalue weighted by Crippen LogP contribution is 2.27. The summed E-state index contributed by atoms with van der Waals surface area (Å²) in [4.78, 5) is 5.38. The molecule has 1 aliphatic heterocycles. The Labute approximate surface area is 133 Å². The van der Waals surface area contributed by atoms with Crippen molar-refractivity contribution >= 4 is 21.4 Å². The molecule has 0 radical (unpaired) electrons. The van der Waals surface area contributed by atoms with E-state index < -0.39 is 10.0 Å². The van der Waals surface area contributed by atoms with Gasteiger partial charge in [0.1, 0.15) is 16.6 Å². The van der Waals surface area contributed by atoms with Crippen LogP contribution < -0.4 is 4.72 Å². The first-order valence-corrected chi connectivity index (χ1v) is 9.31. The van der Waals surface area contributed by atoms with Crippen molar-refractivity contribution in [2.45, 2.75) is 43.2 Å². The third-order valence-electron chi connectivity index (χ3n) is 3.47. The molecule has 22 heavy (non-hydrogen) atoms. The van der Waals surface area contributed by atoms with Crippen LogP contribution in [-0.2, 0) is 27.9 Å². The Morgan fingerprint density at radius 3 is 3.00 bits per heavy atom. The van der Waals surface area contributed by atoms with Gasteiger partial charge >= 0.3 is 0 Å². The SMILES string of the molecule is COCc1nc2n(n1)CCC[C@H]2NS(=O)(=O)c1ccc(C)s1. The molecule has 0 unspecified atom stereocenters. The molecule has 1 atom stereocenters. The molecule has 7 nitrogen and oxygen atoms in total. The topological polar surface area (TPSA) is 86.1 Å². The Morgan fingerprint density at radius 2 is 2.32 bits per heavy atom. The number of aryl methyl sites for hydroxylation is 2. The van der Waals surface area contributed by atoms with E-state index in [1.807, 2.05) is 6.92 Å². The molecule has 1 aliphatic rings. The number of nitrogens with one attached hydrogen (secondary N) is 1. The fourth-order valence-corrected chi connectivity index (χ4v) is 5.03. The van der Waals surface area contributed by atoms with E-state index in [1.54, 1.807) is 23.9 Å². The van der Waals surface area contributed by atoms with Crippen LogP contribution in [0, 0.1) is 6.92 Å². The van der Waals surface area contributed by atoms with Gasteiger partial charge in [-0.1, -0.05) is 0 Å². The number of ether oxygens (including phenoxy) is 1. The second-order valence-electron chi connectivity index (χ2n) is 5.22. The average Bonchev–Trinajstić information content (AvgIpc) is 3.06. The Balaban J connectivity index is 1.85. The molecular weight excluding hydrogens is 324 g/mol. The fraction of sp³-hybridized carbons (Fsp3) is 0.538. The maximum absolute atomic E-state index is 12.5. The molecular formula is C13H18N4O3S2. The summed E-state index contributed by atoms with van der Waals surface area (Å²) >= 11 is 1.26. The highest BCUT2D eigenvalue weighted by atomic mass is 32.2. The highest BCUT2D eigenvalue weighted by molar-refractivity contribution is 7.91. The Bertz CT molecular complexity index is 766. The molecule has 0 aliphatic carbocycles. The maximum Gasteiger partial charge on any atom is 0.250 e. The van der Waals surface area contributed by atoms with Crippen molar-refractivity contribution in [3.8, 4) is 0 Å². The van der Waals surface area contributed by atoms with Gasteiger partial charge in [0.2, 0.25) is 0 Å². The van der Waals surface area contributed by atoms with Crippen molar-refractivity contribution < 1.29 is 13.2 Å². The van der Waals surface area contributed by atoms with Gasteiger partial charge in [0, 0.05) is 18.5 Å². The van der Waals surface area contributed by atoms with Crippen LogP contribution in [0.15, 0.2) is 16.3 Å². The molecule has 0 spiro atoms. The zero-order chi connectivity index (χ0) is 15.7. The molecule has 1 N–H and O–H groups in total. The number of nitrogens with zero attached hydrogens (tertiary/aromatic N) is 3. The predicted molar refractivity (Wildman–Crippen MR) is 82.1 cm³/mol. The van der Waals surface area contributed by atoms with Crippen molar-refractivity contribution in [3.05, 3.63) is 28.7 Å². The van der Waals surface area contributed by atoms with Gasteiger partial charge in [0.25, 0.3) is 10.0 Å². The molecule has 120 valence electrons. The van der Waals surface area contributed by atoms with Gasteiger partial charge in [-0.25, -0.2) is 18.1 Å². The molecule has 0 aromatic carbocycles. The maximum atomic E-state index is 12.5. The molecule has 2 aromatic heterocycles. The van der Waals surface area contributed by atoms with E-state index in [1.165, 1.54) is 11.3 Å². The molecule has 0 bridgehead atoms. The molecule has 0 fully saturated rings. The number of hydrogen-bond donors (Lipinski definition) is 1. The van der Waals surface area contributed by atoms with Crippen molar-refractivity contribution in [3.63, 3.8) is 0 Å². The van der Waals surface area contributed by atoms with Crippen LogP contribution in [0.2, 0.25) is 0 Å². The first-order chi connectivity index (χ1) is 10.5. The highest BCUT2D eigenvalue weighted by Gasteiger charge is 2.29. The van der Waals surface area contributed by atoms with Crippen molar-refractivity contribution in [1.82, 2.24) is 19.5 Å². The first-order valence-electron chi connectivity index (χ1n) is 7.01. The lowest BCUT2D eigenvalue weighted by molar-refractivity contribution is 0.177. The smallest absolute Gasteiger partial charge is 0.250 e. The Hall–Kier alpha value is -1.29. The van der Waals surface area contributed by atoms with Gasteiger partial charge in [0.05, 0.1) is 6.04 Å². The summed E-state index contributed by atoms with van der Waals surface area (Å²) in [6.45, 7) is 2.96. The van der Waals surface area contributed by atoms with E-state index in [0.29, 0.717) is 28.9 Å². The largest absolute Gasteiger partial charge is 0.377 e. The van der Waals surface area contributed by atoms with Gasteiger partial charge in [-0.2, -0.15) is 9.82 Å². The number of sulfonamides is 1. The minimum Gasteiger partial charge on any atom is -0.377 e. The van der Waals surface area contributed by atoms with Gasteiger partial charge in [-0.3, -0.25) is 0 Å². The monoisotopic (exact) mass is 342 g/mol. The molecule has 9 heteroatoms. The lowest BCUT2D eigenvalue weighted by atomic mass is 10.1. The average molecular weight is 342 g/mol. The molecule has 0 saturated carbocycles. The van der Waals surface area contributed by atoms with Crippen molar-refractivity contribution in [2.75, 3.05) is 7.11 Å². The molecule has 3 heterocycles. The zero-order valence-electron chi connectivity index (χ0n) is 12.4. The summed E-state index contributed by atoms with van der Waals surface area (Å²) < 4.78 is 34.8. The van der Waals surface area contributed by atoms with Crippen LogP contribution in [-0.4, -0.2) is 30.3 Å². The minimum atomic E-state index is -3.53. The second-order valence-corrected chi connectivity index (χ2v) is 8.45. The molecule has 0 saturated heterocycles. The number of methoxy groups -OCH3 is 1. The lowest BCUT2D eigenvalue weighted by Gasteiger charge is -2.22. The normalized spacial score (nSPS) is 18.4. The van der Waals surface area contributed by atoms with E-state index in [0.717, 1.165) is 17.8 Å². The number of rotatable bonds is 5. The minimum absolute atomic E-state index is 0.323. The Kier molecular flexibility index (Phi) is 4.31. The number of fused-ring (bicyclic) bond motifs is 1. The molecule has 0 amide bonds. The van der Waals surface area contributed by atoms with E-state index in [9.17, 15) is 8.42 Å². The molecule has 2 aromatic rings. The van der Waals surface area contributed by atoms with Gasteiger partial charge in [0.15, 0.2) is 5.82 Å². The van der Waals surface area contributed by atoms with E-state index >= 15 is 0 Å². The van der Waals surface area contributed by atoms with Crippen LogP contribution in [0.1, 0.15) is 35.4 Å². The predicted octanol–water partition coefficient (Wildman–Crippen LogP) is 1.61. The van der Waals surface area contributed by atoms with Crippen LogP contribution in [0.4, 0.5) is 0 Å². The van der Waals surface area contributed by atoms with Crippen LogP contribution >= 0.6 is 11.3 Å². The van der Waals surface area contributed by atoms with Gasteiger partial charge < -0.3 is 4.74 Å². The summed E-state index contributed by atoms with van der Waals surface area (Å²) in [5.41, 5.74) is 0. The van der Waals surface area contributed by atoms with E-state index in [-0.39, 0.29) is 6.04 Å². The van der Waals surface area contributed by atoms with Gasteiger partial charge in [-0.05, 0) is 31.9 Å². The first kappa shape index (κ1) is 15.6. The van der Waals surface area contributed by atoms with E-state index in [4.69, 9.17) is 4.74 Å². The van der Waals surface area contributed by atoms with Crippen molar-refractivity contribution in [2.24, 2.45) is 0 Å². The van der Waals surface area contributed by atoms with E-state index in [2.05, 4.69) is 14.8 Å². The number of hydrogen-bond acceptors (Lipinski definition) is 6. The lowest BCUT2D eigenvalue weighted by Crippen LogP contribution is -2.33. The number of aromatic nitrogens is 3. The third-order valence-corrected chi connectivity index (χ3v) is 6.43. The summed E-state index contributed by atoms with van der Waals surface area (Å²) in [6.07, 6.45) is 1.58. The Morgan fingerprint density at radius 1 is 1.50 bits per heavy atom. The van der Waals surface area contributed by atoms with Crippen LogP contribution in [0.3, 0.4) is 0 Å². The summed E-state index contributed by atoms with van der Waals surface area (Å²) in [6, 6.07) is 3.09. The van der Waals surface area contributed by atoms with Crippen LogP contribution in [0.25, 0.3) is 0 Å². The summed E-state index contributed by atoms with van der Waals surface area (Å²) in [7, 11) is -1.95. The second kappa shape index (κ2) is 6.07. The van der Waals surface area contributed by atoms with Gasteiger partial charge in [-0.15, -0.1) is 11.3 Å². The molecule has 3 rings (SSSR count). The summed E-state index contributed by atoms with van der Waals surface area (Å²) in [5.74, 6) is 1.24. The third kappa shape index (κ3) is 3.07. The van der Waals surface area contributed by atoms with Crippen LogP contribution in [0.5, 0.6) is 0 Å². The quantitative estimate of drug-likeness (QED) is 0.892. The zero-order valence-corrected chi connectivity index (χ0v) is 14.1. The fourth-order valence-electron chi connectivity index (χ4n) is 2.50. The standard InChI is InChI=1S/C13H18N4O3S2/c1-9-5-6-12(21-9)22(18,19)16-10-4-3-7-17-13(10)14-11(15-17)8-20-2/h5-6,10,16H,3-4,7-8H2,1-2H3/t10-/m1/s1.